The number of piperazine rings is 1. The second-order valence-corrected chi connectivity index (χ2v) is 7.47. The number of hydrogen-bond acceptors (Lipinski definition) is 5. The number of carbonyl (C=O) groups is 1. The Labute approximate surface area is 120 Å². The Balaban J connectivity index is 1.83. The van der Waals surface area contributed by atoms with Gasteiger partial charge >= 0.3 is 0 Å². The molecule has 1 atom stereocenters. The van der Waals surface area contributed by atoms with Crippen molar-refractivity contribution in [3.63, 3.8) is 0 Å². The standard InChI is InChI=1S/C12H23N3O4S/c1-20(18,19)15-7-5-13(6-8-15)12(17)9-14-4-2-3-11(14)10-16/h11,16H,2-10H2,1H3/t11-/m0/s1. The average molecular weight is 305 g/mol. The van der Waals surface area contributed by atoms with Crippen LogP contribution >= 0.6 is 0 Å². The topological polar surface area (TPSA) is 81.2 Å². The minimum absolute atomic E-state index is 0.0264. The predicted molar refractivity (Wildman–Crippen MR) is 74.7 cm³/mol. The summed E-state index contributed by atoms with van der Waals surface area (Å²) in [5.74, 6) is 0.0264. The van der Waals surface area contributed by atoms with Gasteiger partial charge in [0, 0.05) is 32.2 Å². The smallest absolute Gasteiger partial charge is 0.236 e. The molecule has 0 aromatic carbocycles. The monoisotopic (exact) mass is 305 g/mol. The molecular formula is C12H23N3O4S. The van der Waals surface area contributed by atoms with Crippen LogP contribution in [-0.2, 0) is 14.8 Å². The van der Waals surface area contributed by atoms with Gasteiger partial charge in [0.15, 0.2) is 0 Å². The van der Waals surface area contributed by atoms with Gasteiger partial charge < -0.3 is 10.0 Å². The summed E-state index contributed by atoms with van der Waals surface area (Å²) in [6.07, 6.45) is 3.15. The van der Waals surface area contributed by atoms with Crippen molar-refractivity contribution in [2.45, 2.75) is 18.9 Å². The number of rotatable bonds is 4. The van der Waals surface area contributed by atoms with Crippen LogP contribution in [0.2, 0.25) is 0 Å². The Morgan fingerprint density at radius 3 is 2.40 bits per heavy atom. The van der Waals surface area contributed by atoms with E-state index in [9.17, 15) is 18.3 Å². The lowest BCUT2D eigenvalue weighted by Gasteiger charge is -2.34. The van der Waals surface area contributed by atoms with Gasteiger partial charge in [0.1, 0.15) is 0 Å². The van der Waals surface area contributed by atoms with Crippen LogP contribution in [0.4, 0.5) is 0 Å². The SMILES string of the molecule is CS(=O)(=O)N1CCN(C(=O)CN2CCC[C@H]2CO)CC1. The lowest BCUT2D eigenvalue weighted by atomic mass is 10.2. The second-order valence-electron chi connectivity index (χ2n) is 5.49. The normalized spacial score (nSPS) is 26.1. The van der Waals surface area contributed by atoms with Crippen molar-refractivity contribution in [3.05, 3.63) is 0 Å². The lowest BCUT2D eigenvalue weighted by Crippen LogP contribution is -2.52. The van der Waals surface area contributed by atoms with Gasteiger partial charge in [0.25, 0.3) is 0 Å². The summed E-state index contributed by atoms with van der Waals surface area (Å²) in [5.41, 5.74) is 0. The first-order chi connectivity index (χ1) is 9.41. The van der Waals surface area contributed by atoms with E-state index >= 15 is 0 Å². The fourth-order valence-electron chi connectivity index (χ4n) is 2.85. The van der Waals surface area contributed by atoms with E-state index in [1.807, 2.05) is 4.90 Å². The Hall–Kier alpha value is -0.700. The zero-order valence-electron chi connectivity index (χ0n) is 11.9. The molecule has 2 saturated heterocycles. The quantitative estimate of drug-likeness (QED) is 0.687. The van der Waals surface area contributed by atoms with Gasteiger partial charge in [-0.05, 0) is 19.4 Å². The zero-order valence-corrected chi connectivity index (χ0v) is 12.7. The molecule has 2 fully saturated rings. The summed E-state index contributed by atoms with van der Waals surface area (Å²) in [4.78, 5) is 15.9. The number of sulfonamides is 1. The molecule has 0 aromatic rings. The number of aliphatic hydroxyl groups is 1. The predicted octanol–water partition coefficient (Wildman–Crippen LogP) is -1.45. The molecule has 2 rings (SSSR count). The molecule has 7 nitrogen and oxygen atoms in total. The van der Waals surface area contributed by atoms with Crippen molar-refractivity contribution in [2.75, 3.05) is 52.1 Å². The van der Waals surface area contributed by atoms with Crippen LogP contribution in [0.3, 0.4) is 0 Å². The fraction of sp³-hybridized carbons (Fsp3) is 0.917. The Kier molecular flexibility index (Phi) is 5.00. The Morgan fingerprint density at radius 2 is 1.85 bits per heavy atom. The molecule has 2 heterocycles. The van der Waals surface area contributed by atoms with E-state index in [0.29, 0.717) is 32.7 Å². The fourth-order valence-corrected chi connectivity index (χ4v) is 3.68. The summed E-state index contributed by atoms with van der Waals surface area (Å²) in [7, 11) is -3.16. The van der Waals surface area contributed by atoms with Crippen molar-refractivity contribution in [1.29, 1.82) is 0 Å². The first-order valence-electron chi connectivity index (χ1n) is 6.99. The van der Waals surface area contributed by atoms with Crippen LogP contribution in [0.5, 0.6) is 0 Å². The van der Waals surface area contributed by atoms with Gasteiger partial charge in [0.05, 0.1) is 19.4 Å². The van der Waals surface area contributed by atoms with Crippen molar-refractivity contribution in [3.8, 4) is 0 Å². The maximum Gasteiger partial charge on any atom is 0.236 e. The molecule has 20 heavy (non-hydrogen) atoms. The highest BCUT2D eigenvalue weighted by Crippen LogP contribution is 2.16. The minimum atomic E-state index is -3.16. The van der Waals surface area contributed by atoms with E-state index in [1.165, 1.54) is 10.6 Å². The molecule has 0 aliphatic carbocycles. The van der Waals surface area contributed by atoms with Crippen LogP contribution < -0.4 is 0 Å². The van der Waals surface area contributed by atoms with Gasteiger partial charge in [-0.2, -0.15) is 4.31 Å². The molecule has 1 N–H and O–H groups in total. The maximum absolute atomic E-state index is 12.2. The third-order valence-electron chi connectivity index (χ3n) is 4.11. The number of nitrogens with zero attached hydrogens (tertiary/aromatic N) is 3. The first kappa shape index (κ1) is 15.7. The highest BCUT2D eigenvalue weighted by atomic mass is 32.2. The van der Waals surface area contributed by atoms with E-state index in [0.717, 1.165) is 19.4 Å². The molecule has 0 saturated carbocycles. The van der Waals surface area contributed by atoms with Crippen molar-refractivity contribution >= 4 is 15.9 Å². The van der Waals surface area contributed by atoms with Gasteiger partial charge in [-0.1, -0.05) is 0 Å². The highest BCUT2D eigenvalue weighted by molar-refractivity contribution is 7.88. The average Bonchev–Trinajstić information content (AvgIpc) is 2.85. The van der Waals surface area contributed by atoms with Crippen LogP contribution in [0, 0.1) is 0 Å². The third kappa shape index (κ3) is 3.69. The molecule has 2 aliphatic rings. The zero-order chi connectivity index (χ0) is 14.8. The molecule has 1 amide bonds. The first-order valence-corrected chi connectivity index (χ1v) is 8.84. The van der Waals surface area contributed by atoms with Gasteiger partial charge in [-0.25, -0.2) is 8.42 Å². The summed E-state index contributed by atoms with van der Waals surface area (Å²) in [5, 5.41) is 9.24. The molecule has 0 aromatic heterocycles. The lowest BCUT2D eigenvalue weighted by molar-refractivity contribution is -0.134. The summed E-state index contributed by atoms with van der Waals surface area (Å²) >= 11 is 0. The Bertz CT molecular complexity index is 446. The molecule has 0 unspecified atom stereocenters. The van der Waals surface area contributed by atoms with E-state index in [-0.39, 0.29) is 18.6 Å². The van der Waals surface area contributed by atoms with Crippen LogP contribution in [0.15, 0.2) is 0 Å². The molecule has 8 heteroatoms. The van der Waals surface area contributed by atoms with E-state index < -0.39 is 10.0 Å². The van der Waals surface area contributed by atoms with Crippen molar-refractivity contribution < 1.29 is 18.3 Å². The summed E-state index contributed by atoms with van der Waals surface area (Å²) in [6.45, 7) is 2.90. The van der Waals surface area contributed by atoms with Gasteiger partial charge in [-0.3, -0.25) is 9.69 Å². The Morgan fingerprint density at radius 1 is 1.20 bits per heavy atom. The molecule has 0 bridgehead atoms. The third-order valence-corrected chi connectivity index (χ3v) is 5.41. The number of likely N-dealkylation sites (tertiary alicyclic amines) is 1. The second kappa shape index (κ2) is 6.38. The summed E-state index contributed by atoms with van der Waals surface area (Å²) in [6, 6.07) is 0.0938. The van der Waals surface area contributed by atoms with Crippen molar-refractivity contribution in [1.82, 2.24) is 14.1 Å². The number of carbonyl (C=O) groups excluding carboxylic acids is 1. The van der Waals surface area contributed by atoms with E-state index in [4.69, 9.17) is 0 Å². The molecule has 116 valence electrons. The molecular weight excluding hydrogens is 282 g/mol. The number of aliphatic hydroxyl groups excluding tert-OH is 1. The van der Waals surface area contributed by atoms with Gasteiger partial charge in [0.2, 0.25) is 15.9 Å². The maximum atomic E-state index is 12.2. The largest absolute Gasteiger partial charge is 0.395 e. The number of hydrogen-bond donors (Lipinski definition) is 1. The molecule has 0 radical (unpaired) electrons. The van der Waals surface area contributed by atoms with Crippen LogP contribution in [0.1, 0.15) is 12.8 Å². The van der Waals surface area contributed by atoms with E-state index in [1.54, 1.807) is 4.90 Å². The van der Waals surface area contributed by atoms with E-state index in [2.05, 4.69) is 0 Å². The van der Waals surface area contributed by atoms with Crippen LogP contribution in [0.25, 0.3) is 0 Å². The van der Waals surface area contributed by atoms with Crippen molar-refractivity contribution in [2.24, 2.45) is 0 Å². The number of amides is 1. The minimum Gasteiger partial charge on any atom is -0.395 e. The van der Waals surface area contributed by atoms with Gasteiger partial charge in [-0.15, -0.1) is 0 Å². The van der Waals surface area contributed by atoms with Crippen LogP contribution in [-0.4, -0.2) is 91.7 Å². The molecule has 0 spiro atoms. The summed E-state index contributed by atoms with van der Waals surface area (Å²) < 4.78 is 24.2. The molecule has 2 aliphatic heterocycles. The highest BCUT2D eigenvalue weighted by Gasteiger charge is 2.30.